The number of benzene rings is 2. The standard InChI is InChI=1S/C30H40/c1-21(2)9-11-25-15-26(12-10-22(3)4)17-27(16-25)13-14-28-18-29(23(5)6)20-30(19-28)24(7)8/h9-24H,1-8H3/b11-9+,12-10+,14-13+. The predicted octanol–water partition coefficient (Wildman–Crippen LogP) is 9.44. The van der Waals surface area contributed by atoms with E-state index in [1.807, 2.05) is 0 Å². The van der Waals surface area contributed by atoms with Gasteiger partial charge in [-0.25, -0.2) is 0 Å². The van der Waals surface area contributed by atoms with Crippen LogP contribution in [0.4, 0.5) is 0 Å². The van der Waals surface area contributed by atoms with Crippen molar-refractivity contribution in [2.24, 2.45) is 11.8 Å². The van der Waals surface area contributed by atoms with Gasteiger partial charge in [0, 0.05) is 0 Å². The van der Waals surface area contributed by atoms with Crippen molar-refractivity contribution in [1.29, 1.82) is 0 Å². The van der Waals surface area contributed by atoms with Gasteiger partial charge in [0.15, 0.2) is 0 Å². The molecule has 0 saturated carbocycles. The quantitative estimate of drug-likeness (QED) is 0.387. The fraction of sp³-hybridized carbons (Fsp3) is 0.400. The number of hydrogen-bond acceptors (Lipinski definition) is 0. The minimum absolute atomic E-state index is 0.535. The second-order valence-electron chi connectivity index (χ2n) is 9.72. The first kappa shape index (κ1) is 23.9. The Morgan fingerprint density at radius 3 is 1.10 bits per heavy atom. The normalized spacial score (nSPS) is 12.8. The molecule has 0 fully saturated rings. The topological polar surface area (TPSA) is 0 Å². The van der Waals surface area contributed by atoms with Gasteiger partial charge in [-0.2, -0.15) is 0 Å². The van der Waals surface area contributed by atoms with Gasteiger partial charge in [0.1, 0.15) is 0 Å². The third kappa shape index (κ3) is 7.82. The second-order valence-corrected chi connectivity index (χ2v) is 9.72. The Morgan fingerprint density at radius 2 is 0.767 bits per heavy atom. The maximum Gasteiger partial charge on any atom is -0.0219 e. The molecule has 2 rings (SSSR count). The van der Waals surface area contributed by atoms with Crippen molar-refractivity contribution in [1.82, 2.24) is 0 Å². The molecule has 2 aromatic carbocycles. The summed E-state index contributed by atoms with van der Waals surface area (Å²) in [5, 5.41) is 0. The zero-order valence-electron chi connectivity index (χ0n) is 20.2. The molecule has 0 heteroatoms. The van der Waals surface area contributed by atoms with Gasteiger partial charge < -0.3 is 0 Å². The summed E-state index contributed by atoms with van der Waals surface area (Å²) in [6, 6.07) is 13.8. The first-order chi connectivity index (χ1) is 14.1. The molecule has 0 atom stereocenters. The average Bonchev–Trinajstić information content (AvgIpc) is 2.68. The van der Waals surface area contributed by atoms with Crippen LogP contribution in [0.3, 0.4) is 0 Å². The summed E-state index contributed by atoms with van der Waals surface area (Å²) < 4.78 is 0. The van der Waals surface area contributed by atoms with Gasteiger partial charge in [-0.3, -0.25) is 0 Å². The van der Waals surface area contributed by atoms with Crippen molar-refractivity contribution in [3.63, 3.8) is 0 Å². The molecule has 0 unspecified atom stereocenters. The molecule has 0 N–H and O–H groups in total. The minimum atomic E-state index is 0.535. The summed E-state index contributed by atoms with van der Waals surface area (Å²) in [5.41, 5.74) is 7.86. The van der Waals surface area contributed by atoms with Gasteiger partial charge in [-0.1, -0.05) is 110 Å². The van der Waals surface area contributed by atoms with Gasteiger partial charge in [0.25, 0.3) is 0 Å². The minimum Gasteiger partial charge on any atom is -0.0814 e. The lowest BCUT2D eigenvalue weighted by molar-refractivity contribution is 0.833. The summed E-state index contributed by atoms with van der Waals surface area (Å²) >= 11 is 0. The summed E-state index contributed by atoms with van der Waals surface area (Å²) in [6.45, 7) is 17.9. The van der Waals surface area contributed by atoms with E-state index < -0.39 is 0 Å². The Hall–Kier alpha value is -2.34. The van der Waals surface area contributed by atoms with E-state index >= 15 is 0 Å². The SMILES string of the molecule is CC(C)/C=C/c1cc(/C=C/c2cc(C(C)C)cc(C(C)C)c2)cc(/C=C/C(C)C)c1. The number of allylic oxidation sites excluding steroid dienone is 2. The summed E-state index contributed by atoms with van der Waals surface area (Å²) in [5.74, 6) is 2.17. The Labute approximate surface area is 185 Å². The molecule has 0 amide bonds. The Bertz CT molecular complexity index is 839. The van der Waals surface area contributed by atoms with E-state index in [2.05, 4.69) is 128 Å². The lowest BCUT2D eigenvalue weighted by atomic mass is 9.93. The highest BCUT2D eigenvalue weighted by molar-refractivity contribution is 5.73. The highest BCUT2D eigenvalue weighted by atomic mass is 14.1. The molecule has 0 heterocycles. The van der Waals surface area contributed by atoms with Gasteiger partial charge in [0.2, 0.25) is 0 Å². The van der Waals surface area contributed by atoms with Crippen LogP contribution in [-0.2, 0) is 0 Å². The van der Waals surface area contributed by atoms with Crippen LogP contribution >= 0.6 is 0 Å². The first-order valence-electron chi connectivity index (χ1n) is 11.5. The fourth-order valence-corrected chi connectivity index (χ4v) is 3.26. The number of hydrogen-bond donors (Lipinski definition) is 0. The van der Waals surface area contributed by atoms with Crippen LogP contribution in [-0.4, -0.2) is 0 Å². The average molecular weight is 401 g/mol. The Balaban J connectivity index is 2.43. The van der Waals surface area contributed by atoms with Crippen LogP contribution in [0.15, 0.2) is 48.6 Å². The summed E-state index contributed by atoms with van der Waals surface area (Å²) in [4.78, 5) is 0. The fourth-order valence-electron chi connectivity index (χ4n) is 3.26. The molecule has 0 aromatic heterocycles. The molecular weight excluding hydrogens is 360 g/mol. The first-order valence-corrected chi connectivity index (χ1v) is 11.5. The largest absolute Gasteiger partial charge is 0.0814 e. The van der Waals surface area contributed by atoms with Gasteiger partial charge in [0.05, 0.1) is 0 Å². The van der Waals surface area contributed by atoms with Gasteiger partial charge >= 0.3 is 0 Å². The molecule has 0 aliphatic carbocycles. The van der Waals surface area contributed by atoms with E-state index in [4.69, 9.17) is 0 Å². The summed E-state index contributed by atoms with van der Waals surface area (Å²) in [6.07, 6.45) is 13.5. The van der Waals surface area contributed by atoms with Crippen molar-refractivity contribution in [2.45, 2.75) is 67.2 Å². The van der Waals surface area contributed by atoms with Crippen molar-refractivity contribution >= 4 is 24.3 Å². The molecule has 0 aliphatic rings. The van der Waals surface area contributed by atoms with Crippen molar-refractivity contribution in [2.75, 3.05) is 0 Å². The van der Waals surface area contributed by atoms with E-state index in [9.17, 15) is 0 Å². The third-order valence-electron chi connectivity index (χ3n) is 5.15. The van der Waals surface area contributed by atoms with Crippen molar-refractivity contribution in [3.8, 4) is 0 Å². The van der Waals surface area contributed by atoms with Crippen LogP contribution in [0.1, 0.15) is 101 Å². The molecule has 0 saturated heterocycles. The molecule has 160 valence electrons. The Kier molecular flexibility index (Phi) is 8.90. The monoisotopic (exact) mass is 400 g/mol. The molecule has 0 spiro atoms. The second kappa shape index (κ2) is 11.2. The molecular formula is C30H40. The zero-order chi connectivity index (χ0) is 22.3. The van der Waals surface area contributed by atoms with Gasteiger partial charge in [-0.05, 0) is 75.3 Å². The van der Waals surface area contributed by atoms with Crippen molar-refractivity contribution < 1.29 is 0 Å². The molecule has 2 aromatic rings. The van der Waals surface area contributed by atoms with E-state index in [-0.39, 0.29) is 0 Å². The van der Waals surface area contributed by atoms with Crippen molar-refractivity contribution in [3.05, 3.63) is 81.9 Å². The molecule has 0 radical (unpaired) electrons. The van der Waals surface area contributed by atoms with Crippen LogP contribution in [0.2, 0.25) is 0 Å². The van der Waals surface area contributed by atoms with Gasteiger partial charge in [-0.15, -0.1) is 0 Å². The van der Waals surface area contributed by atoms with E-state index in [1.165, 1.54) is 33.4 Å². The van der Waals surface area contributed by atoms with E-state index in [0.29, 0.717) is 23.7 Å². The lowest BCUT2D eigenvalue weighted by Gasteiger charge is -2.13. The maximum atomic E-state index is 2.36. The highest BCUT2D eigenvalue weighted by Crippen LogP contribution is 2.25. The Morgan fingerprint density at radius 1 is 0.433 bits per heavy atom. The van der Waals surface area contributed by atoms with Crippen LogP contribution in [0.25, 0.3) is 24.3 Å². The smallest absolute Gasteiger partial charge is 0.0219 e. The number of rotatable bonds is 8. The summed E-state index contributed by atoms with van der Waals surface area (Å²) in [7, 11) is 0. The highest BCUT2D eigenvalue weighted by Gasteiger charge is 2.06. The zero-order valence-corrected chi connectivity index (χ0v) is 20.2. The predicted molar refractivity (Wildman–Crippen MR) is 138 cm³/mol. The molecule has 0 nitrogen and oxygen atoms in total. The molecule has 30 heavy (non-hydrogen) atoms. The molecule has 0 aliphatic heterocycles. The van der Waals surface area contributed by atoms with Crippen LogP contribution in [0, 0.1) is 11.8 Å². The van der Waals surface area contributed by atoms with E-state index in [0.717, 1.165) is 0 Å². The maximum absolute atomic E-state index is 2.36. The lowest BCUT2D eigenvalue weighted by Crippen LogP contribution is -1.94. The van der Waals surface area contributed by atoms with E-state index in [1.54, 1.807) is 0 Å². The third-order valence-corrected chi connectivity index (χ3v) is 5.15. The molecule has 0 bridgehead atoms. The van der Waals surface area contributed by atoms with Crippen LogP contribution in [0.5, 0.6) is 0 Å². The van der Waals surface area contributed by atoms with Crippen LogP contribution < -0.4 is 0 Å².